The standard InChI is InChI=1S/C31H23BrFN3O4S/c1-18-6-15-26(40-2)25(16-18)35-27-28(31(39)36(30(27)38)23-13-11-21(33)12-14-23)41-24-5-3-4-22(17-24)34-29(37)19-7-9-20(32)10-8-19/h3-17,35H,1-2H3,(H,34,37). The van der Waals surface area contributed by atoms with E-state index in [2.05, 4.69) is 26.6 Å². The smallest absolute Gasteiger partial charge is 0.283 e. The zero-order valence-electron chi connectivity index (χ0n) is 21.9. The van der Waals surface area contributed by atoms with Crippen LogP contribution in [0.1, 0.15) is 15.9 Å². The Bertz CT molecular complexity index is 1690. The van der Waals surface area contributed by atoms with E-state index in [0.29, 0.717) is 27.6 Å². The van der Waals surface area contributed by atoms with Gasteiger partial charge in [0.2, 0.25) is 0 Å². The summed E-state index contributed by atoms with van der Waals surface area (Å²) in [6, 6.07) is 24.5. The summed E-state index contributed by atoms with van der Waals surface area (Å²) in [4.78, 5) is 41.9. The zero-order valence-corrected chi connectivity index (χ0v) is 24.3. The van der Waals surface area contributed by atoms with Gasteiger partial charge in [0, 0.05) is 20.6 Å². The fourth-order valence-corrected chi connectivity index (χ4v) is 5.40. The highest BCUT2D eigenvalue weighted by molar-refractivity contribution is 9.10. The molecule has 10 heteroatoms. The van der Waals surface area contributed by atoms with Gasteiger partial charge >= 0.3 is 0 Å². The summed E-state index contributed by atoms with van der Waals surface area (Å²) in [6.07, 6.45) is 0. The number of carbonyl (C=O) groups excluding carboxylic acids is 3. The lowest BCUT2D eigenvalue weighted by Crippen LogP contribution is -2.32. The minimum Gasteiger partial charge on any atom is -0.495 e. The van der Waals surface area contributed by atoms with Gasteiger partial charge in [-0.15, -0.1) is 0 Å². The van der Waals surface area contributed by atoms with Crippen molar-refractivity contribution in [2.24, 2.45) is 0 Å². The maximum Gasteiger partial charge on any atom is 0.283 e. The van der Waals surface area contributed by atoms with Gasteiger partial charge in [0.25, 0.3) is 17.7 Å². The summed E-state index contributed by atoms with van der Waals surface area (Å²) < 4.78 is 19.9. The van der Waals surface area contributed by atoms with Crippen molar-refractivity contribution in [1.82, 2.24) is 0 Å². The molecule has 0 bridgehead atoms. The number of thioether (sulfide) groups is 1. The van der Waals surface area contributed by atoms with Gasteiger partial charge in [-0.25, -0.2) is 9.29 Å². The summed E-state index contributed by atoms with van der Waals surface area (Å²) in [5.74, 6) is -1.44. The molecule has 1 aliphatic heterocycles. The van der Waals surface area contributed by atoms with Crippen LogP contribution in [-0.4, -0.2) is 24.8 Å². The molecule has 0 unspecified atom stereocenters. The Morgan fingerprint density at radius 3 is 2.37 bits per heavy atom. The maximum atomic E-state index is 13.7. The second-order valence-corrected chi connectivity index (χ2v) is 11.0. The number of halogens is 2. The minimum atomic E-state index is -0.590. The van der Waals surface area contributed by atoms with Crippen LogP contribution in [0, 0.1) is 12.7 Å². The van der Waals surface area contributed by atoms with E-state index in [4.69, 9.17) is 4.74 Å². The highest BCUT2D eigenvalue weighted by Crippen LogP contribution is 2.39. The largest absolute Gasteiger partial charge is 0.495 e. The second-order valence-electron chi connectivity index (χ2n) is 9.05. The number of ether oxygens (including phenoxy) is 1. The molecule has 2 N–H and O–H groups in total. The minimum absolute atomic E-state index is 0.0533. The van der Waals surface area contributed by atoms with E-state index in [1.54, 1.807) is 54.6 Å². The van der Waals surface area contributed by atoms with Crippen LogP contribution in [-0.2, 0) is 9.59 Å². The van der Waals surface area contributed by atoms with Crippen LogP contribution in [0.5, 0.6) is 5.75 Å². The van der Waals surface area contributed by atoms with Crippen LogP contribution in [0.3, 0.4) is 0 Å². The van der Waals surface area contributed by atoms with Crippen molar-refractivity contribution in [1.29, 1.82) is 0 Å². The van der Waals surface area contributed by atoms with Crippen molar-refractivity contribution in [2.75, 3.05) is 22.6 Å². The van der Waals surface area contributed by atoms with Crippen molar-refractivity contribution in [3.8, 4) is 5.75 Å². The molecule has 5 rings (SSSR count). The molecule has 206 valence electrons. The Balaban J connectivity index is 1.48. The highest BCUT2D eigenvalue weighted by atomic mass is 79.9. The number of amides is 3. The SMILES string of the molecule is COc1ccc(C)cc1NC1=C(Sc2cccc(NC(=O)c3ccc(Br)cc3)c2)C(=O)N(c2ccc(F)cc2)C1=O. The molecule has 0 spiro atoms. The lowest BCUT2D eigenvalue weighted by atomic mass is 10.2. The second kappa shape index (κ2) is 12.0. The summed E-state index contributed by atoms with van der Waals surface area (Å²) in [6.45, 7) is 1.90. The van der Waals surface area contributed by atoms with Crippen LogP contribution in [0.4, 0.5) is 21.5 Å². The van der Waals surface area contributed by atoms with Crippen molar-refractivity contribution in [2.45, 2.75) is 11.8 Å². The lowest BCUT2D eigenvalue weighted by Gasteiger charge is -2.16. The molecular formula is C31H23BrFN3O4S. The van der Waals surface area contributed by atoms with E-state index in [9.17, 15) is 18.8 Å². The molecule has 0 aliphatic carbocycles. The summed E-state index contributed by atoms with van der Waals surface area (Å²) in [7, 11) is 1.51. The topological polar surface area (TPSA) is 87.7 Å². The molecule has 3 amide bonds. The Morgan fingerprint density at radius 2 is 1.66 bits per heavy atom. The van der Waals surface area contributed by atoms with E-state index in [1.165, 1.54) is 31.4 Å². The predicted octanol–water partition coefficient (Wildman–Crippen LogP) is 7.15. The van der Waals surface area contributed by atoms with Crippen LogP contribution in [0.2, 0.25) is 0 Å². The first-order chi connectivity index (χ1) is 19.7. The Kier molecular flexibility index (Phi) is 8.23. The number of aryl methyl sites for hydroxylation is 1. The monoisotopic (exact) mass is 631 g/mol. The number of nitrogens with one attached hydrogen (secondary N) is 2. The van der Waals surface area contributed by atoms with Crippen LogP contribution in [0.25, 0.3) is 0 Å². The predicted molar refractivity (Wildman–Crippen MR) is 162 cm³/mol. The van der Waals surface area contributed by atoms with Gasteiger partial charge < -0.3 is 15.4 Å². The Labute approximate surface area is 248 Å². The summed E-state index contributed by atoms with van der Waals surface area (Å²) in [5, 5.41) is 5.97. The molecule has 4 aromatic carbocycles. The molecule has 0 atom stereocenters. The van der Waals surface area contributed by atoms with Crippen LogP contribution in [0.15, 0.2) is 111 Å². The van der Waals surface area contributed by atoms with E-state index in [-0.39, 0.29) is 22.2 Å². The Hall–Kier alpha value is -4.41. The van der Waals surface area contributed by atoms with Gasteiger partial charge in [0.05, 0.1) is 18.5 Å². The molecule has 1 heterocycles. The molecule has 0 saturated heterocycles. The first kappa shape index (κ1) is 28.1. The van der Waals surface area contributed by atoms with Gasteiger partial charge in [-0.05, 0) is 91.3 Å². The summed E-state index contributed by atoms with van der Waals surface area (Å²) >= 11 is 4.44. The van der Waals surface area contributed by atoms with Gasteiger partial charge in [0.1, 0.15) is 22.2 Å². The molecule has 7 nitrogen and oxygen atoms in total. The first-order valence-corrected chi connectivity index (χ1v) is 14.0. The van der Waals surface area contributed by atoms with Gasteiger partial charge in [-0.1, -0.05) is 39.8 Å². The lowest BCUT2D eigenvalue weighted by molar-refractivity contribution is -0.120. The molecule has 0 saturated carbocycles. The molecule has 1 aliphatic rings. The first-order valence-electron chi connectivity index (χ1n) is 12.4. The van der Waals surface area contributed by atoms with Crippen molar-refractivity contribution in [3.05, 3.63) is 123 Å². The Morgan fingerprint density at radius 1 is 0.927 bits per heavy atom. The van der Waals surface area contributed by atoms with Crippen LogP contribution >= 0.6 is 27.7 Å². The van der Waals surface area contributed by atoms with Crippen molar-refractivity contribution in [3.63, 3.8) is 0 Å². The molecule has 0 fully saturated rings. The number of hydrogen-bond acceptors (Lipinski definition) is 6. The van der Waals surface area contributed by atoms with Gasteiger partial charge in [-0.2, -0.15) is 0 Å². The number of carbonyl (C=O) groups is 3. The number of rotatable bonds is 8. The molecule has 0 radical (unpaired) electrons. The van der Waals surface area contributed by atoms with E-state index < -0.39 is 17.6 Å². The number of imide groups is 1. The number of anilines is 3. The molecule has 41 heavy (non-hydrogen) atoms. The summed E-state index contributed by atoms with van der Waals surface area (Å²) in [5.41, 5.74) is 2.73. The molecule has 4 aromatic rings. The third-order valence-electron chi connectivity index (χ3n) is 6.16. The third kappa shape index (κ3) is 6.18. The average molecular weight is 633 g/mol. The van der Waals surface area contributed by atoms with E-state index in [0.717, 1.165) is 26.7 Å². The average Bonchev–Trinajstić information content (AvgIpc) is 3.18. The van der Waals surface area contributed by atoms with Crippen LogP contribution < -0.4 is 20.3 Å². The zero-order chi connectivity index (χ0) is 29.1. The van der Waals surface area contributed by atoms with Crippen molar-refractivity contribution < 1.29 is 23.5 Å². The number of nitrogens with zero attached hydrogens (tertiary/aromatic N) is 1. The van der Waals surface area contributed by atoms with Gasteiger partial charge in [0.15, 0.2) is 0 Å². The highest BCUT2D eigenvalue weighted by Gasteiger charge is 2.40. The van der Waals surface area contributed by atoms with Crippen molar-refractivity contribution >= 4 is 62.5 Å². The number of benzene rings is 4. The maximum absolute atomic E-state index is 13.7. The normalized spacial score (nSPS) is 13.0. The number of methoxy groups -OCH3 is 1. The molecule has 0 aromatic heterocycles. The number of hydrogen-bond donors (Lipinski definition) is 2. The fraction of sp³-hybridized carbons (Fsp3) is 0.0645. The van der Waals surface area contributed by atoms with Gasteiger partial charge in [-0.3, -0.25) is 14.4 Å². The fourth-order valence-electron chi connectivity index (χ4n) is 4.15. The third-order valence-corrected chi connectivity index (χ3v) is 7.76. The van der Waals surface area contributed by atoms with E-state index >= 15 is 0 Å². The van der Waals surface area contributed by atoms with E-state index in [1.807, 2.05) is 19.1 Å². The molecular weight excluding hydrogens is 609 g/mol. The quantitative estimate of drug-likeness (QED) is 0.201.